The molecule has 1 aliphatic rings. The summed E-state index contributed by atoms with van der Waals surface area (Å²) >= 11 is 0. The van der Waals surface area contributed by atoms with Crippen molar-refractivity contribution >= 4 is 11.5 Å². The molecular formula is C19H24N6. The van der Waals surface area contributed by atoms with Crippen molar-refractivity contribution in [2.75, 3.05) is 11.9 Å². The Bertz CT molecular complexity index is 844. The smallest absolute Gasteiger partial charge is 0.178 e. The molecule has 0 aliphatic carbocycles. The maximum absolute atomic E-state index is 4.61. The minimum atomic E-state index is 0.448. The third-order valence-corrected chi connectivity index (χ3v) is 5.01. The summed E-state index contributed by atoms with van der Waals surface area (Å²) in [6.07, 6.45) is 2.24. The fourth-order valence-corrected chi connectivity index (χ4v) is 3.59. The molecule has 1 aromatic carbocycles. The second kappa shape index (κ2) is 6.80. The number of rotatable bonds is 4. The summed E-state index contributed by atoms with van der Waals surface area (Å²) in [7, 11) is 0. The van der Waals surface area contributed by atoms with Crippen LogP contribution in [0.25, 0.3) is 5.65 Å². The zero-order chi connectivity index (χ0) is 17.2. The van der Waals surface area contributed by atoms with Gasteiger partial charge in [-0.15, -0.1) is 15.3 Å². The molecule has 6 nitrogen and oxygen atoms in total. The van der Waals surface area contributed by atoms with Crippen LogP contribution >= 0.6 is 0 Å². The third-order valence-electron chi connectivity index (χ3n) is 5.01. The van der Waals surface area contributed by atoms with Gasteiger partial charge in [0.05, 0.1) is 0 Å². The number of nitrogens with zero attached hydrogens (tertiary/aromatic N) is 5. The number of likely N-dealkylation sites (tertiary alicyclic amines) is 1. The van der Waals surface area contributed by atoms with Crippen LogP contribution in [-0.2, 0) is 6.54 Å². The Morgan fingerprint density at radius 1 is 1.12 bits per heavy atom. The van der Waals surface area contributed by atoms with Crippen LogP contribution in [0.4, 0.5) is 5.82 Å². The lowest BCUT2D eigenvalue weighted by Crippen LogP contribution is -2.44. The van der Waals surface area contributed by atoms with Gasteiger partial charge in [0.1, 0.15) is 5.82 Å². The number of benzene rings is 1. The zero-order valence-corrected chi connectivity index (χ0v) is 14.8. The standard InChI is InChI=1S/C19H24N6/c1-14-12-17(10-11-24(14)13-16-6-4-3-5-7-16)20-18-8-9-19-22-21-15(2)25(19)23-18/h3-9,14,17H,10-13H2,1-2H3,(H,20,23)/t14-,17+/m1/s1. The van der Waals surface area contributed by atoms with E-state index in [0.29, 0.717) is 12.1 Å². The lowest BCUT2D eigenvalue weighted by Gasteiger charge is -2.38. The van der Waals surface area contributed by atoms with Gasteiger partial charge >= 0.3 is 0 Å². The molecule has 0 spiro atoms. The number of hydrogen-bond acceptors (Lipinski definition) is 5. The number of hydrogen-bond donors (Lipinski definition) is 1. The molecule has 4 rings (SSSR count). The Kier molecular flexibility index (Phi) is 4.36. The zero-order valence-electron chi connectivity index (χ0n) is 14.8. The number of anilines is 1. The predicted molar refractivity (Wildman–Crippen MR) is 98.5 cm³/mol. The molecule has 2 aromatic heterocycles. The lowest BCUT2D eigenvalue weighted by molar-refractivity contribution is 0.144. The number of aromatic nitrogens is 4. The van der Waals surface area contributed by atoms with Crippen molar-refractivity contribution in [3.05, 3.63) is 53.9 Å². The van der Waals surface area contributed by atoms with Crippen LogP contribution in [0.3, 0.4) is 0 Å². The van der Waals surface area contributed by atoms with Gasteiger partial charge in [0, 0.05) is 25.2 Å². The Morgan fingerprint density at radius 2 is 1.96 bits per heavy atom. The van der Waals surface area contributed by atoms with Crippen LogP contribution in [0.2, 0.25) is 0 Å². The summed E-state index contributed by atoms with van der Waals surface area (Å²) in [4.78, 5) is 2.56. The summed E-state index contributed by atoms with van der Waals surface area (Å²) in [6.45, 7) is 6.36. The van der Waals surface area contributed by atoms with Gasteiger partial charge in [-0.25, -0.2) is 0 Å². The molecule has 130 valence electrons. The van der Waals surface area contributed by atoms with E-state index in [1.165, 1.54) is 5.56 Å². The molecule has 1 N–H and O–H groups in total. The summed E-state index contributed by atoms with van der Waals surface area (Å²) in [5.41, 5.74) is 2.17. The van der Waals surface area contributed by atoms with Crippen LogP contribution < -0.4 is 5.32 Å². The van der Waals surface area contributed by atoms with Gasteiger partial charge in [-0.3, -0.25) is 4.90 Å². The Balaban J connectivity index is 1.39. The second-order valence-electron chi connectivity index (χ2n) is 6.91. The van der Waals surface area contributed by atoms with Gasteiger partial charge in [-0.1, -0.05) is 30.3 Å². The van der Waals surface area contributed by atoms with E-state index in [1.807, 2.05) is 19.1 Å². The second-order valence-corrected chi connectivity index (χ2v) is 6.91. The van der Waals surface area contributed by atoms with Crippen LogP contribution in [0.1, 0.15) is 31.2 Å². The van der Waals surface area contributed by atoms with Crippen molar-refractivity contribution in [2.45, 2.75) is 45.3 Å². The van der Waals surface area contributed by atoms with E-state index in [9.17, 15) is 0 Å². The van der Waals surface area contributed by atoms with Gasteiger partial charge < -0.3 is 5.32 Å². The average Bonchev–Trinajstić information content (AvgIpc) is 2.99. The Morgan fingerprint density at radius 3 is 2.76 bits per heavy atom. The quantitative estimate of drug-likeness (QED) is 0.794. The van der Waals surface area contributed by atoms with E-state index >= 15 is 0 Å². The molecule has 1 aliphatic heterocycles. The predicted octanol–water partition coefficient (Wildman–Crippen LogP) is 2.90. The molecule has 3 aromatic rings. The van der Waals surface area contributed by atoms with Gasteiger partial charge in [0.25, 0.3) is 0 Å². The van der Waals surface area contributed by atoms with Crippen LogP contribution in [-0.4, -0.2) is 43.3 Å². The minimum absolute atomic E-state index is 0.448. The first-order chi connectivity index (χ1) is 12.2. The van der Waals surface area contributed by atoms with Gasteiger partial charge in [0.2, 0.25) is 0 Å². The highest BCUT2D eigenvalue weighted by Crippen LogP contribution is 2.22. The van der Waals surface area contributed by atoms with Crippen molar-refractivity contribution in [3.8, 4) is 0 Å². The van der Waals surface area contributed by atoms with E-state index in [1.54, 1.807) is 4.52 Å². The number of nitrogens with one attached hydrogen (secondary N) is 1. The van der Waals surface area contributed by atoms with E-state index < -0.39 is 0 Å². The van der Waals surface area contributed by atoms with Crippen LogP contribution in [0.15, 0.2) is 42.5 Å². The summed E-state index contributed by atoms with van der Waals surface area (Å²) in [6, 6.07) is 15.7. The summed E-state index contributed by atoms with van der Waals surface area (Å²) in [5, 5.41) is 16.3. The molecule has 3 heterocycles. The first-order valence-corrected chi connectivity index (χ1v) is 8.92. The van der Waals surface area contributed by atoms with Crippen molar-refractivity contribution in [1.82, 2.24) is 24.7 Å². The molecular weight excluding hydrogens is 312 g/mol. The van der Waals surface area contributed by atoms with Crippen molar-refractivity contribution in [1.29, 1.82) is 0 Å². The molecule has 2 atom stereocenters. The number of piperidine rings is 1. The Hall–Kier alpha value is -2.47. The highest BCUT2D eigenvalue weighted by Gasteiger charge is 2.25. The molecule has 25 heavy (non-hydrogen) atoms. The topological polar surface area (TPSA) is 58.4 Å². The van der Waals surface area contributed by atoms with Crippen LogP contribution in [0, 0.1) is 6.92 Å². The van der Waals surface area contributed by atoms with Gasteiger partial charge in [-0.05, 0) is 44.4 Å². The van der Waals surface area contributed by atoms with Crippen molar-refractivity contribution in [2.24, 2.45) is 0 Å². The molecule has 0 amide bonds. The van der Waals surface area contributed by atoms with E-state index in [-0.39, 0.29) is 0 Å². The third kappa shape index (κ3) is 3.49. The fraction of sp³-hybridized carbons (Fsp3) is 0.421. The molecule has 1 fully saturated rings. The number of aryl methyl sites for hydroxylation is 1. The fourth-order valence-electron chi connectivity index (χ4n) is 3.59. The molecule has 6 heteroatoms. The largest absolute Gasteiger partial charge is 0.366 e. The maximum Gasteiger partial charge on any atom is 0.178 e. The first kappa shape index (κ1) is 16.0. The Labute approximate surface area is 147 Å². The molecule has 1 saturated heterocycles. The highest BCUT2D eigenvalue weighted by atomic mass is 15.4. The number of fused-ring (bicyclic) bond motifs is 1. The molecule has 0 saturated carbocycles. The average molecular weight is 336 g/mol. The highest BCUT2D eigenvalue weighted by molar-refractivity contribution is 5.44. The SMILES string of the molecule is Cc1nnc2ccc(N[C@H]3CCN(Cc4ccccc4)[C@H](C)C3)nn12. The van der Waals surface area contributed by atoms with Crippen molar-refractivity contribution in [3.63, 3.8) is 0 Å². The maximum atomic E-state index is 4.61. The molecule has 0 radical (unpaired) electrons. The normalized spacial score (nSPS) is 21.5. The summed E-state index contributed by atoms with van der Waals surface area (Å²) in [5.74, 6) is 1.70. The molecule has 0 bridgehead atoms. The van der Waals surface area contributed by atoms with Gasteiger partial charge in [0.15, 0.2) is 11.5 Å². The van der Waals surface area contributed by atoms with E-state index in [2.05, 4.69) is 62.8 Å². The first-order valence-electron chi connectivity index (χ1n) is 8.92. The van der Waals surface area contributed by atoms with Crippen LogP contribution in [0.5, 0.6) is 0 Å². The molecule has 0 unspecified atom stereocenters. The summed E-state index contributed by atoms with van der Waals surface area (Å²) < 4.78 is 1.79. The van der Waals surface area contributed by atoms with E-state index in [4.69, 9.17) is 0 Å². The monoisotopic (exact) mass is 336 g/mol. The minimum Gasteiger partial charge on any atom is -0.366 e. The lowest BCUT2D eigenvalue weighted by atomic mass is 9.97. The van der Waals surface area contributed by atoms with Gasteiger partial charge in [-0.2, -0.15) is 4.52 Å². The van der Waals surface area contributed by atoms with Crippen molar-refractivity contribution < 1.29 is 0 Å². The van der Waals surface area contributed by atoms with E-state index in [0.717, 1.165) is 43.2 Å².